The summed E-state index contributed by atoms with van der Waals surface area (Å²) in [5.74, 6) is 0.749. The predicted molar refractivity (Wildman–Crippen MR) is 82.7 cm³/mol. The van der Waals surface area contributed by atoms with Crippen molar-refractivity contribution in [2.24, 2.45) is 5.92 Å². The van der Waals surface area contributed by atoms with Gasteiger partial charge >= 0.3 is 0 Å². The van der Waals surface area contributed by atoms with Crippen molar-refractivity contribution in [3.63, 3.8) is 0 Å². The summed E-state index contributed by atoms with van der Waals surface area (Å²) in [6.07, 6.45) is 3.01. The number of hydrogen-bond acceptors (Lipinski definition) is 2. The first-order valence-corrected chi connectivity index (χ1v) is 7.82. The van der Waals surface area contributed by atoms with Crippen LogP contribution in [0.3, 0.4) is 0 Å². The lowest BCUT2D eigenvalue weighted by Gasteiger charge is -2.24. The number of nitrogens with zero attached hydrogens (tertiary/aromatic N) is 1. The molecule has 1 aromatic rings. The first kappa shape index (κ1) is 15.2. The average Bonchev–Trinajstić information content (AvgIpc) is 3.28. The van der Waals surface area contributed by atoms with Crippen LogP contribution in [0.5, 0.6) is 0 Å². The van der Waals surface area contributed by atoms with E-state index in [9.17, 15) is 9.59 Å². The van der Waals surface area contributed by atoms with Crippen LogP contribution in [-0.2, 0) is 4.79 Å². The second-order valence-corrected chi connectivity index (χ2v) is 6.43. The monoisotopic (exact) mass is 337 g/mol. The number of benzene rings is 1. The van der Waals surface area contributed by atoms with E-state index in [1.807, 2.05) is 19.2 Å². The second-order valence-electron chi connectivity index (χ2n) is 5.51. The van der Waals surface area contributed by atoms with Gasteiger partial charge in [0.25, 0.3) is 0 Å². The minimum Gasteiger partial charge on any atom is -0.343 e. The van der Waals surface area contributed by atoms with E-state index in [1.165, 1.54) is 12.8 Å². The Morgan fingerprint density at radius 1 is 1.25 bits per heavy atom. The number of carbonyl (C=O) groups excluding carboxylic acids is 2. The Hall–Kier alpha value is -1.16. The van der Waals surface area contributed by atoms with Crippen LogP contribution in [0.1, 0.15) is 43.0 Å². The maximum atomic E-state index is 12.1. The molecule has 0 heterocycles. The molecule has 1 atom stereocenters. The Labute approximate surface area is 128 Å². The van der Waals surface area contributed by atoms with Gasteiger partial charge in [-0.15, -0.1) is 0 Å². The molecule has 20 heavy (non-hydrogen) atoms. The Morgan fingerprint density at radius 3 is 2.40 bits per heavy atom. The van der Waals surface area contributed by atoms with Crippen LogP contribution in [0.2, 0.25) is 0 Å². The van der Waals surface area contributed by atoms with Crippen molar-refractivity contribution < 1.29 is 9.59 Å². The second kappa shape index (κ2) is 6.53. The Morgan fingerprint density at radius 2 is 1.85 bits per heavy atom. The molecule has 1 amide bonds. The molecule has 0 radical (unpaired) electrons. The van der Waals surface area contributed by atoms with Crippen molar-refractivity contribution >= 4 is 27.6 Å². The number of hydrogen-bond donors (Lipinski definition) is 0. The fourth-order valence-electron chi connectivity index (χ4n) is 2.30. The lowest BCUT2D eigenvalue weighted by atomic mass is 10.1. The lowest BCUT2D eigenvalue weighted by molar-refractivity contribution is -0.132. The van der Waals surface area contributed by atoms with Crippen LogP contribution < -0.4 is 0 Å². The van der Waals surface area contributed by atoms with Gasteiger partial charge in [0.15, 0.2) is 5.78 Å². The summed E-state index contributed by atoms with van der Waals surface area (Å²) in [6.45, 7) is 2.09. The number of carbonyl (C=O) groups is 2. The average molecular weight is 338 g/mol. The SMILES string of the molecule is CC(C1CC1)N(C)C(=O)CCC(=O)c1ccc(Br)cc1. The molecule has 1 unspecified atom stereocenters. The first-order chi connectivity index (χ1) is 9.49. The van der Waals surface area contributed by atoms with Crippen LogP contribution >= 0.6 is 15.9 Å². The van der Waals surface area contributed by atoms with Crippen molar-refractivity contribution in [2.45, 2.75) is 38.6 Å². The summed E-state index contributed by atoms with van der Waals surface area (Å²) < 4.78 is 0.947. The molecule has 0 saturated heterocycles. The highest BCUT2D eigenvalue weighted by Gasteiger charge is 2.32. The molecular weight excluding hydrogens is 318 g/mol. The molecule has 108 valence electrons. The van der Waals surface area contributed by atoms with Crippen LogP contribution in [0, 0.1) is 5.92 Å². The highest BCUT2D eigenvalue weighted by Crippen LogP contribution is 2.34. The molecule has 1 fully saturated rings. The van der Waals surface area contributed by atoms with Crippen LogP contribution in [-0.4, -0.2) is 29.7 Å². The number of amides is 1. The number of Topliss-reactive ketones (excluding diaryl/α,β-unsaturated/α-hetero) is 1. The zero-order valence-electron chi connectivity index (χ0n) is 11.9. The fraction of sp³-hybridized carbons (Fsp3) is 0.500. The fourth-order valence-corrected chi connectivity index (χ4v) is 2.56. The van der Waals surface area contributed by atoms with Gasteiger partial charge in [-0.25, -0.2) is 0 Å². The Kier molecular flexibility index (Phi) is 4.97. The summed E-state index contributed by atoms with van der Waals surface area (Å²) >= 11 is 3.34. The van der Waals surface area contributed by atoms with Gasteiger partial charge in [0.05, 0.1) is 0 Å². The molecule has 1 aliphatic rings. The van der Waals surface area contributed by atoms with Crippen molar-refractivity contribution in [1.29, 1.82) is 0 Å². The van der Waals surface area contributed by atoms with E-state index in [-0.39, 0.29) is 18.1 Å². The molecule has 3 nitrogen and oxygen atoms in total. The molecule has 2 rings (SSSR count). The molecule has 0 spiro atoms. The Bertz CT molecular complexity index is 494. The minimum atomic E-state index is 0.0262. The minimum absolute atomic E-state index is 0.0262. The van der Waals surface area contributed by atoms with E-state index < -0.39 is 0 Å². The summed E-state index contributed by atoms with van der Waals surface area (Å²) in [4.78, 5) is 25.9. The molecule has 1 aliphatic carbocycles. The van der Waals surface area contributed by atoms with Gasteiger partial charge in [-0.1, -0.05) is 28.1 Å². The van der Waals surface area contributed by atoms with Gasteiger partial charge in [-0.3, -0.25) is 9.59 Å². The van der Waals surface area contributed by atoms with Gasteiger partial charge < -0.3 is 4.90 Å². The van der Waals surface area contributed by atoms with E-state index in [1.54, 1.807) is 17.0 Å². The standard InChI is InChI=1S/C16H20BrNO2/c1-11(12-3-4-12)18(2)16(20)10-9-15(19)13-5-7-14(17)8-6-13/h5-8,11-12H,3-4,9-10H2,1-2H3. The first-order valence-electron chi connectivity index (χ1n) is 7.03. The molecule has 1 saturated carbocycles. The molecule has 0 bridgehead atoms. The summed E-state index contributed by atoms with van der Waals surface area (Å²) in [5.41, 5.74) is 0.666. The van der Waals surface area contributed by atoms with Crippen LogP contribution in [0.15, 0.2) is 28.7 Å². The topological polar surface area (TPSA) is 37.4 Å². The van der Waals surface area contributed by atoms with E-state index in [0.717, 1.165) is 4.47 Å². The van der Waals surface area contributed by atoms with Crippen molar-refractivity contribution in [1.82, 2.24) is 4.90 Å². The van der Waals surface area contributed by atoms with Crippen molar-refractivity contribution in [3.8, 4) is 0 Å². The lowest BCUT2D eigenvalue weighted by Crippen LogP contribution is -2.36. The van der Waals surface area contributed by atoms with Gasteiger partial charge in [-0.05, 0) is 37.8 Å². The van der Waals surface area contributed by atoms with Gasteiger partial charge in [0.1, 0.15) is 0 Å². The summed E-state index contributed by atoms with van der Waals surface area (Å²) in [6, 6.07) is 7.55. The molecule has 0 aromatic heterocycles. The van der Waals surface area contributed by atoms with E-state index in [0.29, 0.717) is 23.9 Å². The number of rotatable bonds is 6. The third-order valence-corrected chi connectivity index (χ3v) is 4.57. The number of ketones is 1. The van der Waals surface area contributed by atoms with E-state index >= 15 is 0 Å². The molecule has 0 N–H and O–H groups in total. The molecule has 1 aromatic carbocycles. The summed E-state index contributed by atoms with van der Waals surface area (Å²) in [5, 5.41) is 0. The van der Waals surface area contributed by atoms with Gasteiger partial charge in [0.2, 0.25) is 5.91 Å². The molecular formula is C16H20BrNO2. The third-order valence-electron chi connectivity index (χ3n) is 4.04. The van der Waals surface area contributed by atoms with Crippen LogP contribution in [0.4, 0.5) is 0 Å². The zero-order chi connectivity index (χ0) is 14.7. The zero-order valence-corrected chi connectivity index (χ0v) is 13.5. The maximum Gasteiger partial charge on any atom is 0.223 e. The van der Waals surface area contributed by atoms with Gasteiger partial charge in [0, 0.05) is 36.0 Å². The third kappa shape index (κ3) is 3.92. The maximum absolute atomic E-state index is 12.1. The Balaban J connectivity index is 1.83. The quantitative estimate of drug-likeness (QED) is 0.742. The van der Waals surface area contributed by atoms with E-state index in [4.69, 9.17) is 0 Å². The van der Waals surface area contributed by atoms with Crippen molar-refractivity contribution in [3.05, 3.63) is 34.3 Å². The predicted octanol–water partition coefficient (Wildman–Crippen LogP) is 3.67. The van der Waals surface area contributed by atoms with Crippen LogP contribution in [0.25, 0.3) is 0 Å². The largest absolute Gasteiger partial charge is 0.343 e. The highest BCUT2D eigenvalue weighted by molar-refractivity contribution is 9.10. The summed E-state index contributed by atoms with van der Waals surface area (Å²) in [7, 11) is 1.84. The highest BCUT2D eigenvalue weighted by atomic mass is 79.9. The van der Waals surface area contributed by atoms with E-state index in [2.05, 4.69) is 22.9 Å². The van der Waals surface area contributed by atoms with Crippen molar-refractivity contribution in [2.75, 3.05) is 7.05 Å². The number of halogens is 1. The molecule has 0 aliphatic heterocycles. The van der Waals surface area contributed by atoms with Gasteiger partial charge in [-0.2, -0.15) is 0 Å². The molecule has 4 heteroatoms. The smallest absolute Gasteiger partial charge is 0.223 e. The normalized spacial score (nSPS) is 15.8.